The van der Waals surface area contributed by atoms with Crippen molar-refractivity contribution in [1.29, 1.82) is 0 Å². The SMILES string of the molecule is O=P([O-])([O-])[O-].[Ca+2].[Fe+2].[K+].[Mg+2].[Na+]. The molecule has 0 aliphatic heterocycles. The normalized spacial score (nSPS) is 5.90. The molecular formula is CaFeKMgNaO4P+5. The summed E-state index contributed by atoms with van der Waals surface area (Å²) in [5.74, 6) is 0. The van der Waals surface area contributed by atoms with Crippen LogP contribution in [0.4, 0.5) is 0 Å². The van der Waals surface area contributed by atoms with E-state index in [0.29, 0.717) is 0 Å². The molecule has 0 radical (unpaired) electrons. The van der Waals surface area contributed by atoms with Crippen LogP contribution in [0.5, 0.6) is 0 Å². The van der Waals surface area contributed by atoms with E-state index in [1.54, 1.807) is 0 Å². The van der Waals surface area contributed by atoms with Gasteiger partial charge in [-0.25, -0.2) is 0 Å². The Balaban J connectivity index is -0.00000000800. The summed E-state index contributed by atoms with van der Waals surface area (Å²) >= 11 is 0. The summed E-state index contributed by atoms with van der Waals surface area (Å²) in [5.41, 5.74) is 0. The van der Waals surface area contributed by atoms with E-state index in [1.807, 2.05) is 0 Å². The van der Waals surface area contributed by atoms with Crippen molar-refractivity contribution in [3.05, 3.63) is 0 Å². The van der Waals surface area contributed by atoms with Gasteiger partial charge in [-0.1, -0.05) is 0 Å². The van der Waals surface area contributed by atoms with Crippen LogP contribution in [0.15, 0.2) is 0 Å². The van der Waals surface area contributed by atoms with Gasteiger partial charge in [0.15, 0.2) is 0 Å². The van der Waals surface area contributed by atoms with E-state index in [4.69, 9.17) is 19.2 Å². The Bertz CT molecular complexity index is 71.4. The summed E-state index contributed by atoms with van der Waals surface area (Å²) in [6.07, 6.45) is 0. The maximum Gasteiger partial charge on any atom is 2.00 e. The van der Waals surface area contributed by atoms with Crippen LogP contribution >= 0.6 is 7.82 Å². The molecule has 0 heterocycles. The van der Waals surface area contributed by atoms with Crippen molar-refractivity contribution in [1.82, 2.24) is 0 Å². The Kier molecular flexibility index (Phi) is 71.6. The summed E-state index contributed by atoms with van der Waals surface area (Å²) in [6, 6.07) is 0. The summed E-state index contributed by atoms with van der Waals surface area (Å²) < 4.78 is 8.55. The molecule has 0 aromatic rings. The fraction of sp³-hybridized carbons (Fsp3) is 0. The van der Waals surface area contributed by atoms with Crippen LogP contribution < -0.4 is 95.6 Å². The van der Waals surface area contributed by atoms with Crippen LogP contribution in [-0.2, 0) is 21.6 Å². The molecular weight excluding hydrogens is 277 g/mol. The van der Waals surface area contributed by atoms with Gasteiger partial charge in [-0.2, -0.15) is 7.82 Å². The molecule has 10 heavy (non-hydrogen) atoms. The molecule has 0 aromatic heterocycles. The topological polar surface area (TPSA) is 86.2 Å². The van der Waals surface area contributed by atoms with Crippen molar-refractivity contribution in [2.75, 3.05) is 0 Å². The molecule has 0 atom stereocenters. The van der Waals surface area contributed by atoms with E-state index in [-0.39, 0.29) is 159 Å². The first kappa shape index (κ1) is 36.2. The van der Waals surface area contributed by atoms with Gasteiger partial charge in [0, 0.05) is 0 Å². The van der Waals surface area contributed by atoms with E-state index in [1.165, 1.54) is 0 Å². The zero-order valence-electron chi connectivity index (χ0n) is 5.85. The third-order valence-corrected chi connectivity index (χ3v) is 0. The summed E-state index contributed by atoms with van der Waals surface area (Å²) in [6.45, 7) is 0. The first-order valence-corrected chi connectivity index (χ1v) is 2.19. The van der Waals surface area contributed by atoms with E-state index in [0.717, 1.165) is 0 Å². The van der Waals surface area contributed by atoms with Gasteiger partial charge < -0.3 is 19.2 Å². The monoisotopic (exact) mass is 277 g/mol. The van der Waals surface area contributed by atoms with Gasteiger partial charge in [-0.05, 0) is 0 Å². The summed E-state index contributed by atoms with van der Waals surface area (Å²) in [7, 11) is -5.39. The predicted molar refractivity (Wildman–Crippen MR) is 19.1 cm³/mol. The van der Waals surface area contributed by atoms with Gasteiger partial charge in [-0.15, -0.1) is 0 Å². The predicted octanol–water partition coefficient (Wildman–Crippen LogP) is -9.58. The van der Waals surface area contributed by atoms with Crippen molar-refractivity contribution in [3.8, 4) is 0 Å². The molecule has 38 valence electrons. The molecule has 10 heteroatoms. The van der Waals surface area contributed by atoms with Crippen LogP contribution in [0.2, 0.25) is 0 Å². The van der Waals surface area contributed by atoms with Crippen molar-refractivity contribution < 1.29 is 117 Å². The van der Waals surface area contributed by atoms with Crippen LogP contribution in [-0.4, -0.2) is 60.8 Å². The average Bonchev–Trinajstić information content (AvgIpc) is 0.722. The Morgan fingerprint density at radius 1 is 1.10 bits per heavy atom. The molecule has 0 aliphatic carbocycles. The van der Waals surface area contributed by atoms with E-state index < -0.39 is 7.82 Å². The second-order valence-corrected chi connectivity index (χ2v) is 1.34. The molecule has 0 aromatic carbocycles. The molecule has 0 bridgehead atoms. The Morgan fingerprint density at radius 3 is 1.10 bits per heavy atom. The zero-order chi connectivity index (χ0) is 4.50. The van der Waals surface area contributed by atoms with Gasteiger partial charge in [0.25, 0.3) is 0 Å². The molecule has 0 saturated heterocycles. The maximum absolute atomic E-state index is 8.55. The minimum atomic E-state index is -5.39. The number of hydrogen-bond donors (Lipinski definition) is 0. The van der Waals surface area contributed by atoms with E-state index >= 15 is 0 Å². The van der Waals surface area contributed by atoms with Gasteiger partial charge in [-0.3, -0.25) is 0 Å². The smallest absolute Gasteiger partial charge is 0.822 e. The van der Waals surface area contributed by atoms with Crippen LogP contribution in [0.3, 0.4) is 0 Å². The largest absolute Gasteiger partial charge is 2.00 e. The fourth-order valence-corrected chi connectivity index (χ4v) is 0. The fourth-order valence-electron chi connectivity index (χ4n) is 0. The first-order chi connectivity index (χ1) is 2.00. The second kappa shape index (κ2) is 19.8. The van der Waals surface area contributed by atoms with Crippen molar-refractivity contribution in [3.63, 3.8) is 0 Å². The molecule has 0 fully saturated rings. The van der Waals surface area contributed by atoms with Crippen molar-refractivity contribution in [2.24, 2.45) is 0 Å². The second-order valence-electron chi connectivity index (χ2n) is 0.447. The molecule has 0 N–H and O–H groups in total. The average molecular weight is 277 g/mol. The standard InChI is InChI=1S/Ca.Fe.K.Mg.Na.H3O4P/c;;;;;1-5(2,3)4/h;;;;;(H3,1,2,3,4)/q2*+2;+1;+2;+1;/p-3. The van der Waals surface area contributed by atoms with Gasteiger partial charge in [0.05, 0.1) is 0 Å². The molecule has 0 rings (SSSR count). The number of rotatable bonds is 0. The Labute approximate surface area is 181 Å². The third kappa shape index (κ3) is 71.7. The Hall–Kier alpha value is 5.29. The summed E-state index contributed by atoms with van der Waals surface area (Å²) in [5, 5.41) is 0. The molecule has 0 amide bonds. The molecule has 0 aliphatic rings. The van der Waals surface area contributed by atoms with Gasteiger partial charge in [0.1, 0.15) is 0 Å². The van der Waals surface area contributed by atoms with Gasteiger partial charge in [0.2, 0.25) is 0 Å². The Morgan fingerprint density at radius 2 is 1.10 bits per heavy atom. The molecule has 0 unspecified atom stereocenters. The van der Waals surface area contributed by atoms with E-state index in [2.05, 4.69) is 0 Å². The third-order valence-electron chi connectivity index (χ3n) is 0. The number of hydrogen-bond acceptors (Lipinski definition) is 4. The van der Waals surface area contributed by atoms with Crippen LogP contribution in [0.1, 0.15) is 0 Å². The van der Waals surface area contributed by atoms with E-state index in [9.17, 15) is 0 Å². The van der Waals surface area contributed by atoms with Gasteiger partial charge >= 0.3 is 159 Å². The molecule has 0 saturated carbocycles. The first-order valence-electron chi connectivity index (χ1n) is 0.730. The summed E-state index contributed by atoms with van der Waals surface area (Å²) in [4.78, 5) is 25.6. The maximum atomic E-state index is 8.55. The van der Waals surface area contributed by atoms with Crippen LogP contribution in [0.25, 0.3) is 0 Å². The minimum absolute atomic E-state index is 0. The molecule has 4 nitrogen and oxygen atoms in total. The van der Waals surface area contributed by atoms with Crippen LogP contribution in [0, 0.1) is 0 Å². The quantitative estimate of drug-likeness (QED) is 0.325. The minimum Gasteiger partial charge on any atom is -0.822 e. The number of phosphoric acid groups is 1. The van der Waals surface area contributed by atoms with Crippen molar-refractivity contribution in [2.45, 2.75) is 0 Å². The van der Waals surface area contributed by atoms with Crippen molar-refractivity contribution >= 4 is 68.6 Å². The molecule has 0 spiro atoms. The zero-order valence-corrected chi connectivity index (χ0v) is 16.6.